The number of para-hydroxylation sites is 2. The van der Waals surface area contributed by atoms with E-state index >= 15 is 0 Å². The van der Waals surface area contributed by atoms with Crippen molar-refractivity contribution in [2.24, 2.45) is 0 Å². The lowest BCUT2D eigenvalue weighted by Gasteiger charge is -1.99. The van der Waals surface area contributed by atoms with E-state index in [0.717, 1.165) is 0 Å². The number of aromatic nitrogens is 2. The van der Waals surface area contributed by atoms with E-state index in [1.807, 2.05) is 12.1 Å². The summed E-state index contributed by atoms with van der Waals surface area (Å²) in [5.74, 6) is 0.639. The molecule has 0 spiro atoms. The van der Waals surface area contributed by atoms with Crippen LogP contribution in [0.25, 0.3) is 5.69 Å². The topological polar surface area (TPSA) is 59.1 Å². The molecule has 0 aliphatic heterocycles. The molecule has 0 saturated heterocycles. The van der Waals surface area contributed by atoms with Gasteiger partial charge in [-0.05, 0) is 16.0 Å². The molecule has 5 nitrogen and oxygen atoms in total. The van der Waals surface area contributed by atoms with Crippen LogP contribution >= 0.6 is 15.9 Å². The third-order valence-corrected chi connectivity index (χ3v) is 2.60. The molecule has 1 aromatic carbocycles. The van der Waals surface area contributed by atoms with Gasteiger partial charge < -0.3 is 4.74 Å². The van der Waals surface area contributed by atoms with Gasteiger partial charge in [-0.1, -0.05) is 12.1 Å². The van der Waals surface area contributed by atoms with Crippen molar-refractivity contribution in [1.29, 1.82) is 0 Å². The van der Waals surface area contributed by atoms with E-state index in [1.54, 1.807) is 19.2 Å². The molecule has 0 bridgehead atoms. The number of ether oxygens (including phenoxy) is 1. The lowest BCUT2D eigenvalue weighted by atomic mass is 10.3. The molecule has 2 rings (SSSR count). The highest BCUT2D eigenvalue weighted by molar-refractivity contribution is 9.10. The predicted octanol–water partition coefficient (Wildman–Crippen LogP) is 1.02. The first-order chi connectivity index (χ1) is 7.24. The summed E-state index contributed by atoms with van der Waals surface area (Å²) in [6, 6.07) is 7.27. The maximum Gasteiger partial charge on any atom is 0.442 e. The highest BCUT2D eigenvalue weighted by Gasteiger charge is 2.23. The summed E-state index contributed by atoms with van der Waals surface area (Å²) >= 11 is 3.12. The Bertz CT molecular complexity index is 532. The van der Waals surface area contributed by atoms with E-state index in [1.165, 1.54) is 4.68 Å². The van der Waals surface area contributed by atoms with Crippen LogP contribution in [-0.4, -0.2) is 12.4 Å². The van der Waals surface area contributed by atoms with Gasteiger partial charge in [-0.3, -0.25) is 4.52 Å². The summed E-state index contributed by atoms with van der Waals surface area (Å²) in [6.45, 7) is 0. The molecule has 0 aliphatic carbocycles. The first-order valence-corrected chi connectivity index (χ1v) is 4.95. The monoisotopic (exact) mass is 271 g/mol. The smallest absolute Gasteiger partial charge is 0.442 e. The molecule has 0 aliphatic rings. The number of hydrogen-bond donors (Lipinski definition) is 1. The van der Waals surface area contributed by atoms with E-state index in [-0.39, 0.29) is 4.60 Å². The van der Waals surface area contributed by atoms with Gasteiger partial charge >= 0.3 is 10.2 Å². The molecule has 78 valence electrons. The molecule has 0 fully saturated rings. The number of methoxy groups -OCH3 is 1. The van der Waals surface area contributed by atoms with E-state index in [9.17, 15) is 4.79 Å². The van der Waals surface area contributed by atoms with Crippen LogP contribution in [0.2, 0.25) is 0 Å². The molecular weight excluding hydrogens is 264 g/mol. The van der Waals surface area contributed by atoms with Gasteiger partial charge in [0.15, 0.2) is 5.75 Å². The van der Waals surface area contributed by atoms with Crippen LogP contribution in [0.15, 0.2) is 38.2 Å². The third-order valence-electron chi connectivity index (χ3n) is 1.92. The van der Waals surface area contributed by atoms with Gasteiger partial charge in [0.25, 0.3) is 5.69 Å². The zero-order valence-corrected chi connectivity index (χ0v) is 9.45. The Kier molecular flexibility index (Phi) is 2.59. The van der Waals surface area contributed by atoms with Gasteiger partial charge in [-0.2, -0.15) is 0 Å². The summed E-state index contributed by atoms with van der Waals surface area (Å²) in [7, 11) is 1.56. The molecule has 0 atom stereocenters. The standard InChI is InChI=1S/C9H7BrN2O3/c1-14-7-5-3-2-4-6(7)12-8(10)9(13)15-11-12/h2-5H,1H3/p+1. The lowest BCUT2D eigenvalue weighted by Crippen LogP contribution is -2.35. The highest BCUT2D eigenvalue weighted by atomic mass is 79.9. The normalized spacial score (nSPS) is 10.3. The third kappa shape index (κ3) is 1.68. The van der Waals surface area contributed by atoms with Crippen LogP contribution in [0.3, 0.4) is 0 Å². The SMILES string of the molecule is COc1ccccc1-[n+]1[nH]oc(=O)c1Br. The van der Waals surface area contributed by atoms with Crippen molar-refractivity contribution in [3.05, 3.63) is 39.3 Å². The zero-order chi connectivity index (χ0) is 10.8. The largest absolute Gasteiger partial charge is 0.490 e. The van der Waals surface area contributed by atoms with Crippen LogP contribution in [0, 0.1) is 0 Å². The first kappa shape index (κ1) is 9.97. The molecule has 6 heteroatoms. The van der Waals surface area contributed by atoms with Gasteiger partial charge in [0.05, 0.1) is 7.11 Å². The maximum atomic E-state index is 11.1. The number of hydrogen-bond acceptors (Lipinski definition) is 3. The van der Waals surface area contributed by atoms with Gasteiger partial charge in [-0.25, -0.2) is 4.79 Å². The average molecular weight is 272 g/mol. The van der Waals surface area contributed by atoms with E-state index in [2.05, 4.69) is 25.7 Å². The minimum Gasteiger partial charge on any atom is -0.490 e. The molecule has 0 saturated carbocycles. The van der Waals surface area contributed by atoms with Crippen LogP contribution in [0.5, 0.6) is 5.75 Å². The summed E-state index contributed by atoms with van der Waals surface area (Å²) in [4.78, 5) is 11.1. The summed E-state index contributed by atoms with van der Waals surface area (Å²) in [5.41, 5.74) is 0.221. The van der Waals surface area contributed by atoms with E-state index < -0.39 is 5.63 Å². The number of nitrogens with zero attached hydrogens (tertiary/aromatic N) is 1. The number of aromatic amines is 1. The number of H-pyrrole nitrogens is 1. The fourth-order valence-corrected chi connectivity index (χ4v) is 1.57. The average Bonchev–Trinajstić information content (AvgIpc) is 2.60. The second-order valence-electron chi connectivity index (χ2n) is 2.78. The Balaban J connectivity index is 2.63. The van der Waals surface area contributed by atoms with Crippen molar-refractivity contribution < 1.29 is 13.9 Å². The number of benzene rings is 1. The zero-order valence-electron chi connectivity index (χ0n) is 7.86. The lowest BCUT2D eigenvalue weighted by molar-refractivity contribution is -0.680. The van der Waals surface area contributed by atoms with Crippen molar-refractivity contribution in [3.8, 4) is 11.4 Å². The van der Waals surface area contributed by atoms with E-state index in [0.29, 0.717) is 11.4 Å². The molecule has 1 heterocycles. The van der Waals surface area contributed by atoms with Crippen molar-refractivity contribution in [3.63, 3.8) is 0 Å². The summed E-state index contributed by atoms with van der Waals surface area (Å²) < 4.78 is 11.5. The Morgan fingerprint density at radius 3 is 2.80 bits per heavy atom. The van der Waals surface area contributed by atoms with Crippen LogP contribution in [0.4, 0.5) is 0 Å². The Morgan fingerprint density at radius 2 is 2.20 bits per heavy atom. The second kappa shape index (κ2) is 3.90. The molecule has 15 heavy (non-hydrogen) atoms. The Morgan fingerprint density at radius 1 is 1.47 bits per heavy atom. The van der Waals surface area contributed by atoms with Crippen molar-refractivity contribution in [2.75, 3.05) is 7.11 Å². The number of halogens is 1. The van der Waals surface area contributed by atoms with Crippen LogP contribution < -0.4 is 15.0 Å². The van der Waals surface area contributed by atoms with Gasteiger partial charge in [0.1, 0.15) is 0 Å². The minimum absolute atomic E-state index is 0.284. The molecular formula is C9H8BrN2O3+. The van der Waals surface area contributed by atoms with Crippen molar-refractivity contribution in [1.82, 2.24) is 5.27 Å². The van der Waals surface area contributed by atoms with Crippen molar-refractivity contribution in [2.45, 2.75) is 0 Å². The van der Waals surface area contributed by atoms with Gasteiger partial charge in [-0.15, -0.1) is 0 Å². The Hall–Kier alpha value is -1.56. The molecule has 0 radical (unpaired) electrons. The predicted molar refractivity (Wildman–Crippen MR) is 55.1 cm³/mol. The molecule has 2 aromatic rings. The Labute approximate surface area is 93.4 Å². The minimum atomic E-state index is -0.471. The number of nitrogens with one attached hydrogen (secondary N) is 1. The maximum absolute atomic E-state index is 11.1. The second-order valence-corrected chi connectivity index (χ2v) is 3.53. The van der Waals surface area contributed by atoms with E-state index in [4.69, 9.17) is 4.74 Å². The molecule has 1 N–H and O–H groups in total. The molecule has 0 amide bonds. The summed E-state index contributed by atoms with van der Waals surface area (Å²) in [5, 5.41) is 2.47. The van der Waals surface area contributed by atoms with Crippen LogP contribution in [-0.2, 0) is 0 Å². The van der Waals surface area contributed by atoms with Crippen molar-refractivity contribution >= 4 is 15.9 Å². The van der Waals surface area contributed by atoms with Gasteiger partial charge in [0, 0.05) is 22.0 Å². The first-order valence-electron chi connectivity index (χ1n) is 4.16. The highest BCUT2D eigenvalue weighted by Crippen LogP contribution is 2.17. The van der Waals surface area contributed by atoms with Gasteiger partial charge in [0.2, 0.25) is 0 Å². The quantitative estimate of drug-likeness (QED) is 0.830. The fourth-order valence-electron chi connectivity index (χ4n) is 1.23. The molecule has 1 aromatic heterocycles. The molecule has 0 unspecified atom stereocenters. The van der Waals surface area contributed by atoms with Crippen LogP contribution in [0.1, 0.15) is 0 Å². The fraction of sp³-hybridized carbons (Fsp3) is 0.111. The summed E-state index contributed by atoms with van der Waals surface area (Å²) in [6.07, 6.45) is 0. The number of rotatable bonds is 2.